The van der Waals surface area contributed by atoms with Crippen LogP contribution in [0.5, 0.6) is 0 Å². The van der Waals surface area contributed by atoms with Gasteiger partial charge in [0.1, 0.15) is 0 Å². The van der Waals surface area contributed by atoms with E-state index in [2.05, 4.69) is 0 Å². The van der Waals surface area contributed by atoms with Crippen molar-refractivity contribution in [2.45, 2.75) is 31.4 Å². The Bertz CT molecular complexity index is 951. The zero-order valence-corrected chi connectivity index (χ0v) is 19.8. The molecular weight excluding hydrogens is 493 g/mol. The molecule has 1 atom stereocenters. The molecule has 0 saturated heterocycles. The molecule has 0 saturated carbocycles. The number of nitrogens with zero attached hydrogens (tertiary/aromatic N) is 1. The smallest absolute Gasteiger partial charge is 0.349 e. The van der Waals surface area contributed by atoms with Crippen LogP contribution in [0.25, 0.3) is 6.08 Å². The fourth-order valence-electron chi connectivity index (χ4n) is 2.89. The number of hydrogen-bond donors (Lipinski definition) is 0. The van der Waals surface area contributed by atoms with Crippen molar-refractivity contribution in [3.05, 3.63) is 73.2 Å². The number of carbonyl (C=O) groups excluding carboxylic acids is 1. The Kier molecular flexibility index (Phi) is 9.14. The lowest BCUT2D eigenvalue weighted by Crippen LogP contribution is -2.21. The molecule has 2 aromatic rings. The first kappa shape index (κ1) is 25.9. The van der Waals surface area contributed by atoms with Gasteiger partial charge < -0.3 is 4.90 Å². The Morgan fingerprint density at radius 1 is 1.03 bits per heavy atom. The summed E-state index contributed by atoms with van der Waals surface area (Å²) in [5.74, 6) is -1.90. The van der Waals surface area contributed by atoms with Gasteiger partial charge in [-0.15, -0.1) is 0 Å². The summed E-state index contributed by atoms with van der Waals surface area (Å²) in [4.78, 5) is 13.2. The van der Waals surface area contributed by atoms with Crippen molar-refractivity contribution in [2.75, 3.05) is 14.1 Å². The number of benzene rings is 2. The van der Waals surface area contributed by atoms with E-state index in [1.54, 1.807) is 32.3 Å². The number of hydrogen-bond acceptors (Lipinski definition) is 1. The van der Waals surface area contributed by atoms with E-state index in [1.807, 2.05) is 0 Å². The molecule has 0 aliphatic carbocycles. The highest BCUT2D eigenvalue weighted by molar-refractivity contribution is 6.48. The summed E-state index contributed by atoms with van der Waals surface area (Å²) < 4.78 is 40.9. The molecule has 2 aromatic carbocycles. The molecule has 0 N–H and O–H groups in total. The van der Waals surface area contributed by atoms with Gasteiger partial charge in [-0.25, -0.2) is 0 Å². The average Bonchev–Trinajstić information content (AvgIpc) is 2.66. The van der Waals surface area contributed by atoms with E-state index >= 15 is 0 Å². The molecule has 0 radical (unpaired) electrons. The summed E-state index contributed by atoms with van der Waals surface area (Å²) in [6, 6.07) is 7.34. The molecule has 0 aliphatic heterocycles. The molecule has 168 valence electrons. The standard InChI is InChI=1S/C22H20Cl4F3NO/c1-30(2)20(31)5-3-4-14-8-6-13(10-17(14)23)7-9-16(22(27,28)29)15-11-18(24)21(26)19(25)12-15/h6-12,16H,3-5H2,1-2H3/b9-7+. The maximum absolute atomic E-state index is 13.6. The van der Waals surface area contributed by atoms with Crippen LogP contribution in [0.4, 0.5) is 13.2 Å². The van der Waals surface area contributed by atoms with E-state index in [-0.39, 0.29) is 26.5 Å². The molecule has 0 aromatic heterocycles. The number of rotatable bonds is 7. The molecule has 1 unspecified atom stereocenters. The van der Waals surface area contributed by atoms with Crippen molar-refractivity contribution in [1.29, 1.82) is 0 Å². The van der Waals surface area contributed by atoms with E-state index in [4.69, 9.17) is 46.4 Å². The quantitative estimate of drug-likeness (QED) is 0.343. The maximum Gasteiger partial charge on any atom is 0.399 e. The lowest BCUT2D eigenvalue weighted by Gasteiger charge is -2.18. The summed E-state index contributed by atoms with van der Waals surface area (Å²) >= 11 is 23.9. The van der Waals surface area contributed by atoms with Gasteiger partial charge in [0.05, 0.1) is 21.0 Å². The highest BCUT2D eigenvalue weighted by Crippen LogP contribution is 2.41. The SMILES string of the molecule is CN(C)C(=O)CCCc1ccc(/C=C/C(c2cc(Cl)c(Cl)c(Cl)c2)C(F)(F)F)cc1Cl. The first-order valence-corrected chi connectivity index (χ1v) is 10.8. The summed E-state index contributed by atoms with van der Waals surface area (Å²) in [6.45, 7) is 0. The zero-order valence-electron chi connectivity index (χ0n) is 16.7. The Labute approximate surface area is 199 Å². The van der Waals surface area contributed by atoms with Gasteiger partial charge in [-0.2, -0.15) is 13.2 Å². The van der Waals surface area contributed by atoms with E-state index in [0.29, 0.717) is 29.8 Å². The van der Waals surface area contributed by atoms with Gasteiger partial charge in [0.25, 0.3) is 0 Å². The van der Waals surface area contributed by atoms with Gasteiger partial charge >= 0.3 is 6.18 Å². The van der Waals surface area contributed by atoms with Crippen molar-refractivity contribution in [1.82, 2.24) is 4.90 Å². The number of amides is 1. The zero-order chi connectivity index (χ0) is 23.3. The minimum atomic E-state index is -4.56. The topological polar surface area (TPSA) is 20.3 Å². The van der Waals surface area contributed by atoms with Crippen molar-refractivity contribution < 1.29 is 18.0 Å². The third-order valence-corrected chi connectivity index (χ3v) is 6.16. The van der Waals surface area contributed by atoms with Gasteiger partial charge in [-0.3, -0.25) is 4.79 Å². The predicted octanol–water partition coefficient (Wildman–Crippen LogP) is 8.07. The van der Waals surface area contributed by atoms with Crippen LogP contribution in [0.2, 0.25) is 20.1 Å². The Morgan fingerprint density at radius 3 is 2.16 bits per heavy atom. The number of aryl methyl sites for hydroxylation is 1. The number of halogens is 7. The van der Waals surface area contributed by atoms with Gasteiger partial charge in [0, 0.05) is 25.5 Å². The molecule has 0 fully saturated rings. The first-order valence-electron chi connectivity index (χ1n) is 9.28. The van der Waals surface area contributed by atoms with Crippen LogP contribution < -0.4 is 0 Å². The molecule has 2 rings (SSSR count). The molecule has 0 spiro atoms. The molecule has 1 amide bonds. The Hall–Kier alpha value is -1.40. The van der Waals surface area contributed by atoms with E-state index in [1.165, 1.54) is 11.0 Å². The van der Waals surface area contributed by atoms with Crippen LogP contribution >= 0.6 is 46.4 Å². The highest BCUT2D eigenvalue weighted by Gasteiger charge is 2.39. The average molecular weight is 513 g/mol. The van der Waals surface area contributed by atoms with Crippen LogP contribution in [0.15, 0.2) is 36.4 Å². The maximum atomic E-state index is 13.6. The molecule has 0 aliphatic rings. The third kappa shape index (κ3) is 7.31. The molecule has 2 nitrogen and oxygen atoms in total. The van der Waals surface area contributed by atoms with Crippen LogP contribution in [0.3, 0.4) is 0 Å². The minimum Gasteiger partial charge on any atom is -0.349 e. The van der Waals surface area contributed by atoms with Gasteiger partial charge in [-0.1, -0.05) is 70.7 Å². The number of allylic oxidation sites excluding steroid dienone is 1. The molecular formula is C22H20Cl4F3NO. The molecule has 31 heavy (non-hydrogen) atoms. The van der Waals surface area contributed by atoms with Crippen LogP contribution in [-0.2, 0) is 11.2 Å². The monoisotopic (exact) mass is 511 g/mol. The van der Waals surface area contributed by atoms with Crippen LogP contribution in [-0.4, -0.2) is 31.1 Å². The number of carbonyl (C=O) groups is 1. The minimum absolute atomic E-state index is 0.00615. The van der Waals surface area contributed by atoms with Crippen molar-refractivity contribution >= 4 is 58.4 Å². The molecule has 9 heteroatoms. The summed E-state index contributed by atoms with van der Waals surface area (Å²) in [5.41, 5.74) is 1.23. The Morgan fingerprint density at radius 2 is 1.65 bits per heavy atom. The van der Waals surface area contributed by atoms with Crippen LogP contribution in [0, 0.1) is 0 Å². The van der Waals surface area contributed by atoms with Crippen molar-refractivity contribution in [3.63, 3.8) is 0 Å². The lowest BCUT2D eigenvalue weighted by atomic mass is 9.96. The van der Waals surface area contributed by atoms with Crippen molar-refractivity contribution in [3.8, 4) is 0 Å². The van der Waals surface area contributed by atoms with E-state index in [0.717, 1.165) is 23.8 Å². The largest absolute Gasteiger partial charge is 0.399 e. The summed E-state index contributed by atoms with van der Waals surface area (Å²) in [7, 11) is 3.38. The summed E-state index contributed by atoms with van der Waals surface area (Å²) in [5, 5.41) is 0.339. The van der Waals surface area contributed by atoms with Crippen molar-refractivity contribution in [2.24, 2.45) is 0 Å². The first-order chi connectivity index (χ1) is 14.4. The van der Waals surface area contributed by atoms with E-state index in [9.17, 15) is 18.0 Å². The van der Waals surface area contributed by atoms with Gasteiger partial charge in [-0.05, 0) is 47.7 Å². The molecule has 0 heterocycles. The third-order valence-electron chi connectivity index (χ3n) is 4.61. The summed E-state index contributed by atoms with van der Waals surface area (Å²) in [6.07, 6.45) is -0.573. The second-order valence-corrected chi connectivity index (χ2v) is 8.77. The fraction of sp³-hybridized carbons (Fsp3) is 0.318. The normalized spacial score (nSPS) is 12.9. The second kappa shape index (κ2) is 11.0. The highest BCUT2D eigenvalue weighted by atomic mass is 35.5. The molecule has 0 bridgehead atoms. The number of alkyl halides is 3. The predicted molar refractivity (Wildman–Crippen MR) is 122 cm³/mol. The lowest BCUT2D eigenvalue weighted by molar-refractivity contribution is -0.139. The van der Waals surface area contributed by atoms with Gasteiger partial charge in [0.2, 0.25) is 5.91 Å². The second-order valence-electron chi connectivity index (χ2n) is 7.17. The fourth-order valence-corrected chi connectivity index (χ4v) is 3.79. The van der Waals surface area contributed by atoms with Gasteiger partial charge in [0.15, 0.2) is 0 Å². The Balaban J connectivity index is 2.19. The van der Waals surface area contributed by atoms with Crippen LogP contribution in [0.1, 0.15) is 35.4 Å². The van der Waals surface area contributed by atoms with E-state index < -0.39 is 12.1 Å².